The largest absolute Gasteiger partial charge is 0.294 e. The van der Waals surface area contributed by atoms with Crippen LogP contribution in [-0.2, 0) is 0 Å². The Morgan fingerprint density at radius 3 is 2.20 bits per heavy atom. The van der Waals surface area contributed by atoms with Gasteiger partial charge in [0, 0.05) is 26.6 Å². The lowest BCUT2D eigenvalue weighted by Crippen LogP contribution is -2.35. The Balaban J connectivity index is 1.38. The lowest BCUT2D eigenvalue weighted by Gasteiger charge is -2.18. The van der Waals surface area contributed by atoms with Crippen molar-refractivity contribution in [1.29, 1.82) is 0 Å². The van der Waals surface area contributed by atoms with Gasteiger partial charge < -0.3 is 0 Å². The molecule has 8 aromatic rings. The number of hydrogen-bond acceptors (Lipinski definition) is 1. The molecule has 2 heterocycles. The smallest absolute Gasteiger partial charge is 0.236 e. The molecular formula is C41H35N2S+. The van der Waals surface area contributed by atoms with E-state index >= 15 is 0 Å². The van der Waals surface area contributed by atoms with Crippen molar-refractivity contribution in [2.45, 2.75) is 39.5 Å². The number of aromatic nitrogens is 2. The Morgan fingerprint density at radius 1 is 0.682 bits per heavy atom. The molecule has 0 bridgehead atoms. The maximum Gasteiger partial charge on any atom is 0.294 e. The zero-order valence-electron chi connectivity index (χ0n) is 30.2. The Labute approximate surface area is 269 Å². The van der Waals surface area contributed by atoms with E-state index in [9.17, 15) is 0 Å². The van der Waals surface area contributed by atoms with Crippen LogP contribution in [0.25, 0.3) is 70.2 Å². The minimum Gasteiger partial charge on any atom is -0.236 e. The van der Waals surface area contributed by atoms with Gasteiger partial charge in [-0.3, -0.25) is 0 Å². The van der Waals surface area contributed by atoms with E-state index in [-0.39, 0.29) is 35.8 Å². The molecule has 6 aromatic carbocycles. The monoisotopic (exact) mass is 592 g/mol. The van der Waals surface area contributed by atoms with Gasteiger partial charge in [0.05, 0.1) is 17.1 Å². The summed E-state index contributed by atoms with van der Waals surface area (Å²) in [7, 11) is 0. The second-order valence-corrected chi connectivity index (χ2v) is 13.2. The first-order valence-corrected chi connectivity index (χ1v) is 16.0. The number of para-hydroxylation sites is 3. The summed E-state index contributed by atoms with van der Waals surface area (Å²) in [6.07, 6.45) is 0. The quantitative estimate of drug-likeness (QED) is 0.192. The van der Waals surface area contributed by atoms with Gasteiger partial charge in [0.25, 0.3) is 5.82 Å². The summed E-state index contributed by atoms with van der Waals surface area (Å²) in [5, 5.41) is 4.33. The average Bonchev–Trinajstić information content (AvgIpc) is 3.66. The van der Waals surface area contributed by atoms with Gasteiger partial charge in [-0.2, -0.15) is 4.57 Å². The Bertz CT molecular complexity index is 2580. The summed E-state index contributed by atoms with van der Waals surface area (Å²) in [5.41, 5.74) is 8.04. The lowest BCUT2D eigenvalue weighted by atomic mass is 9.92. The Kier molecular flexibility index (Phi) is 5.20. The van der Waals surface area contributed by atoms with Gasteiger partial charge in [0.15, 0.2) is 11.0 Å². The molecule has 0 amide bonds. The molecule has 2 nitrogen and oxygen atoms in total. The number of hydrogen-bond donors (Lipinski definition) is 1. The number of rotatable bonds is 5. The molecule has 8 rings (SSSR count). The average molecular weight is 593 g/mol. The molecule has 0 radical (unpaired) electrons. The minimum atomic E-state index is -0.383. The van der Waals surface area contributed by atoms with Crippen LogP contribution in [0.2, 0.25) is 0 Å². The highest BCUT2D eigenvalue weighted by atomic mass is 32.1. The summed E-state index contributed by atoms with van der Waals surface area (Å²) in [6.45, 7) is 9.05. The summed E-state index contributed by atoms with van der Waals surface area (Å²) in [6, 6.07) is 30.5. The van der Waals surface area contributed by atoms with E-state index in [1.165, 1.54) is 26.9 Å². The third kappa shape index (κ3) is 4.26. The third-order valence-corrected chi connectivity index (χ3v) is 9.89. The van der Waals surface area contributed by atoms with Gasteiger partial charge >= 0.3 is 0 Å². The molecule has 0 saturated carbocycles. The Morgan fingerprint density at radius 2 is 1.43 bits per heavy atom. The first-order chi connectivity index (χ1) is 23.5. The molecule has 1 N–H and O–H groups in total. The van der Waals surface area contributed by atoms with E-state index in [2.05, 4.69) is 110 Å². The molecule has 0 aliphatic carbocycles. The first-order valence-electron chi connectivity index (χ1n) is 17.7. The molecule has 0 aliphatic heterocycles. The SMILES string of the molecule is [2H]c1c([2H])c([2H])c(-c2ccc3cc4c(cc3c2)sc2c(-c3[nH]c5ccccc5[n+]3-c3c(C(C)C)cccc3C(C)C)cccc24)c([2H])c1[2H]. The van der Waals surface area contributed by atoms with E-state index in [0.29, 0.717) is 17.4 Å². The van der Waals surface area contributed by atoms with E-state index in [1.54, 1.807) is 11.3 Å². The number of H-pyrrole nitrogens is 1. The van der Waals surface area contributed by atoms with Crippen molar-refractivity contribution in [3.63, 3.8) is 0 Å². The van der Waals surface area contributed by atoms with Gasteiger partial charge in [-0.25, -0.2) is 4.98 Å². The number of aromatic amines is 1. The number of fused-ring (bicyclic) bond motifs is 5. The van der Waals surface area contributed by atoms with Crippen molar-refractivity contribution in [2.75, 3.05) is 0 Å². The standard InChI is InChI=1S/C41H34N2S/c1-25(2)31-14-10-15-32(26(3)4)39(31)43-37-19-9-8-18-36(37)42-41(43)34-17-11-16-33-35-23-29-21-20-28(27-12-6-5-7-13-27)22-30(29)24-38(35)44-40(33)34/h5-26H,1-4H3/p+1/i5D,6D,7D,12D,13D. The van der Waals surface area contributed by atoms with Crippen molar-refractivity contribution >= 4 is 53.3 Å². The molecule has 0 unspecified atom stereocenters. The van der Waals surface area contributed by atoms with Gasteiger partial charge in [0.1, 0.15) is 5.69 Å². The van der Waals surface area contributed by atoms with Crippen LogP contribution in [0.1, 0.15) is 57.5 Å². The van der Waals surface area contributed by atoms with Crippen molar-refractivity contribution in [3.05, 3.63) is 132 Å². The number of nitrogens with zero attached hydrogens (tertiary/aromatic N) is 1. The van der Waals surface area contributed by atoms with Crippen molar-refractivity contribution in [2.24, 2.45) is 0 Å². The zero-order valence-corrected chi connectivity index (χ0v) is 26.0. The molecule has 44 heavy (non-hydrogen) atoms. The fraction of sp³-hybridized carbons (Fsp3) is 0.146. The normalized spacial score (nSPS) is 13.6. The highest BCUT2D eigenvalue weighted by Crippen LogP contribution is 2.42. The molecule has 3 heteroatoms. The molecule has 0 spiro atoms. The summed E-state index contributed by atoms with van der Waals surface area (Å²) < 4.78 is 46.1. The van der Waals surface area contributed by atoms with E-state index < -0.39 is 0 Å². The van der Waals surface area contributed by atoms with Gasteiger partial charge in [-0.05, 0) is 70.1 Å². The van der Waals surface area contributed by atoms with Crippen molar-refractivity contribution in [3.8, 4) is 28.2 Å². The van der Waals surface area contributed by atoms with Crippen LogP contribution >= 0.6 is 11.3 Å². The molecule has 214 valence electrons. The van der Waals surface area contributed by atoms with E-state index in [4.69, 9.17) is 6.85 Å². The predicted octanol–water partition coefficient (Wildman–Crippen LogP) is 11.5. The van der Waals surface area contributed by atoms with Crippen molar-refractivity contribution in [1.82, 2.24) is 4.98 Å². The van der Waals surface area contributed by atoms with Crippen LogP contribution in [0.5, 0.6) is 0 Å². The fourth-order valence-corrected chi connectivity index (χ4v) is 7.79. The van der Waals surface area contributed by atoms with Gasteiger partial charge in [-0.1, -0.05) is 113 Å². The van der Waals surface area contributed by atoms with E-state index in [0.717, 1.165) is 43.3 Å². The summed E-state index contributed by atoms with van der Waals surface area (Å²) in [4.78, 5) is 3.82. The number of imidazole rings is 1. The van der Waals surface area contributed by atoms with Crippen LogP contribution in [0, 0.1) is 0 Å². The van der Waals surface area contributed by atoms with Crippen LogP contribution in [-0.4, -0.2) is 4.98 Å². The molecule has 0 saturated heterocycles. The summed E-state index contributed by atoms with van der Waals surface area (Å²) >= 11 is 1.76. The molecular weight excluding hydrogens is 553 g/mol. The maximum absolute atomic E-state index is 8.51. The van der Waals surface area contributed by atoms with E-state index in [1.807, 2.05) is 18.2 Å². The molecule has 0 fully saturated rings. The van der Waals surface area contributed by atoms with Crippen LogP contribution < -0.4 is 4.57 Å². The summed E-state index contributed by atoms with van der Waals surface area (Å²) in [5.74, 6) is 1.71. The van der Waals surface area contributed by atoms with Gasteiger partial charge in [0.2, 0.25) is 0 Å². The molecule has 2 aromatic heterocycles. The number of thiophene rings is 1. The van der Waals surface area contributed by atoms with Crippen LogP contribution in [0.4, 0.5) is 0 Å². The van der Waals surface area contributed by atoms with Crippen LogP contribution in [0.3, 0.4) is 0 Å². The zero-order chi connectivity index (χ0) is 34.3. The topological polar surface area (TPSA) is 19.7 Å². The Hall–Kier alpha value is -4.73. The number of nitrogens with one attached hydrogen (secondary N) is 1. The minimum absolute atomic E-state index is 0.191. The highest BCUT2D eigenvalue weighted by Gasteiger charge is 2.29. The van der Waals surface area contributed by atoms with Crippen LogP contribution in [0.15, 0.2) is 121 Å². The predicted molar refractivity (Wildman–Crippen MR) is 189 cm³/mol. The van der Waals surface area contributed by atoms with Crippen molar-refractivity contribution < 1.29 is 11.4 Å². The molecule has 0 aliphatic rings. The first kappa shape index (κ1) is 21.9. The second kappa shape index (κ2) is 10.5. The lowest BCUT2D eigenvalue weighted by molar-refractivity contribution is -0.556. The molecule has 0 atom stereocenters. The highest BCUT2D eigenvalue weighted by molar-refractivity contribution is 7.26. The van der Waals surface area contributed by atoms with Gasteiger partial charge in [-0.15, -0.1) is 11.3 Å². The maximum atomic E-state index is 8.51. The third-order valence-electron chi connectivity index (χ3n) is 8.69. The number of benzene rings is 6. The second-order valence-electron chi connectivity index (χ2n) is 12.1. The fourth-order valence-electron chi connectivity index (χ4n) is 6.55.